The van der Waals surface area contributed by atoms with Crippen molar-refractivity contribution in [3.63, 3.8) is 0 Å². The predicted molar refractivity (Wildman–Crippen MR) is 120 cm³/mol. The molecule has 1 amide bonds. The largest absolute Gasteiger partial charge is 0.489 e. The van der Waals surface area contributed by atoms with Gasteiger partial charge < -0.3 is 14.8 Å². The molecule has 8 nitrogen and oxygen atoms in total. The monoisotopic (exact) mass is 456 g/mol. The lowest BCUT2D eigenvalue weighted by Crippen LogP contribution is -2.25. The Morgan fingerprint density at radius 2 is 1.47 bits per heavy atom. The van der Waals surface area contributed by atoms with E-state index in [-0.39, 0.29) is 17.4 Å². The summed E-state index contributed by atoms with van der Waals surface area (Å²) in [5, 5.41) is 2.66. The molecule has 3 rings (SSSR count). The molecule has 168 valence electrons. The van der Waals surface area contributed by atoms with Crippen molar-refractivity contribution in [1.82, 2.24) is 4.47 Å². The lowest BCUT2D eigenvalue weighted by atomic mass is 10.2. The molecule has 1 N–H and O–H groups in total. The Bertz CT molecular complexity index is 1120. The molecule has 0 bridgehead atoms. The molecule has 0 aromatic heterocycles. The van der Waals surface area contributed by atoms with Crippen LogP contribution >= 0.6 is 0 Å². The van der Waals surface area contributed by atoms with Gasteiger partial charge in [0.05, 0.1) is 12.0 Å². The minimum Gasteiger partial charge on any atom is -0.489 e. The van der Waals surface area contributed by atoms with Crippen molar-refractivity contribution < 1.29 is 27.5 Å². The third-order valence-corrected chi connectivity index (χ3v) is 6.17. The fourth-order valence-electron chi connectivity index (χ4n) is 2.68. The first-order valence-corrected chi connectivity index (χ1v) is 11.1. The summed E-state index contributed by atoms with van der Waals surface area (Å²) in [6.07, 6.45) is 0. The lowest BCUT2D eigenvalue weighted by Gasteiger charge is -2.14. The van der Waals surface area contributed by atoms with E-state index in [2.05, 4.69) is 5.32 Å². The van der Waals surface area contributed by atoms with Crippen molar-refractivity contribution in [2.45, 2.75) is 11.5 Å². The zero-order valence-corrected chi connectivity index (χ0v) is 18.5. The number of hydrogen-bond acceptors (Lipinski definition) is 6. The van der Waals surface area contributed by atoms with Crippen LogP contribution in [-0.2, 0) is 26.3 Å². The number of carbonyl (C=O) groups excluding carboxylic acids is 1. The number of anilines is 1. The topological polar surface area (TPSA) is 94.2 Å². The van der Waals surface area contributed by atoms with E-state index in [9.17, 15) is 13.2 Å². The molecule has 0 atom stereocenters. The molecule has 3 aromatic carbocycles. The summed E-state index contributed by atoms with van der Waals surface area (Å²) in [5.74, 6) is 0.843. The Morgan fingerprint density at radius 1 is 0.875 bits per heavy atom. The van der Waals surface area contributed by atoms with Crippen molar-refractivity contribution in [1.29, 1.82) is 0 Å². The van der Waals surface area contributed by atoms with Crippen molar-refractivity contribution in [3.05, 3.63) is 84.4 Å². The van der Waals surface area contributed by atoms with E-state index >= 15 is 0 Å². The number of benzene rings is 3. The maximum atomic E-state index is 12.2. The first kappa shape index (κ1) is 23.3. The summed E-state index contributed by atoms with van der Waals surface area (Å²) in [6, 6.07) is 22.6. The van der Waals surface area contributed by atoms with Crippen molar-refractivity contribution in [2.75, 3.05) is 26.1 Å². The fourth-order valence-corrected chi connectivity index (χ4v) is 3.65. The Morgan fingerprint density at radius 3 is 2.06 bits per heavy atom. The van der Waals surface area contributed by atoms with Crippen molar-refractivity contribution in [2.24, 2.45) is 0 Å². The number of hydroxylamine groups is 1. The minimum atomic E-state index is -3.74. The van der Waals surface area contributed by atoms with E-state index < -0.39 is 10.0 Å². The molecule has 0 aliphatic rings. The van der Waals surface area contributed by atoms with Crippen LogP contribution in [0.1, 0.15) is 5.56 Å². The highest BCUT2D eigenvalue weighted by Crippen LogP contribution is 2.20. The minimum absolute atomic E-state index is 0.0469. The van der Waals surface area contributed by atoms with Gasteiger partial charge in [-0.05, 0) is 54.1 Å². The Labute approximate surface area is 187 Å². The molecule has 0 heterocycles. The van der Waals surface area contributed by atoms with Gasteiger partial charge in [0, 0.05) is 12.7 Å². The Hall–Kier alpha value is -3.40. The van der Waals surface area contributed by atoms with E-state index in [4.69, 9.17) is 14.3 Å². The summed E-state index contributed by atoms with van der Waals surface area (Å²) >= 11 is 0. The number of nitrogens with zero attached hydrogens (tertiary/aromatic N) is 1. The molecule has 0 aliphatic heterocycles. The molecule has 3 aromatic rings. The molecular weight excluding hydrogens is 432 g/mol. The smallest absolute Gasteiger partial charge is 0.264 e. The number of carbonyl (C=O) groups is 1. The number of rotatable bonds is 10. The maximum absolute atomic E-state index is 12.2. The van der Waals surface area contributed by atoms with Crippen LogP contribution in [0.3, 0.4) is 0 Å². The third-order valence-electron chi connectivity index (χ3n) is 4.47. The molecule has 9 heteroatoms. The van der Waals surface area contributed by atoms with Gasteiger partial charge in [-0.25, -0.2) is 8.42 Å². The summed E-state index contributed by atoms with van der Waals surface area (Å²) in [6.45, 7) is 0.266. The molecule has 32 heavy (non-hydrogen) atoms. The van der Waals surface area contributed by atoms with E-state index in [1.807, 2.05) is 30.3 Å². The zero-order valence-electron chi connectivity index (χ0n) is 17.7. The van der Waals surface area contributed by atoms with Crippen LogP contribution in [0, 0.1) is 0 Å². The van der Waals surface area contributed by atoms with Gasteiger partial charge in [-0.15, -0.1) is 0 Å². The highest BCUT2D eigenvalue weighted by Gasteiger charge is 2.20. The SMILES string of the molecule is CON(C)S(=O)(=O)c1ccc(NC(=O)COc2ccc(OCc3ccccc3)cc2)cc1. The second-order valence-electron chi connectivity index (χ2n) is 6.70. The van der Waals surface area contributed by atoms with Gasteiger partial charge in [0.25, 0.3) is 15.9 Å². The highest BCUT2D eigenvalue weighted by atomic mass is 32.2. The number of nitrogens with one attached hydrogen (secondary N) is 1. The summed E-state index contributed by atoms with van der Waals surface area (Å²) in [7, 11) is -1.18. The first-order valence-electron chi connectivity index (χ1n) is 9.71. The van der Waals surface area contributed by atoms with Crippen LogP contribution in [0.25, 0.3) is 0 Å². The third kappa shape index (κ3) is 6.30. The molecule has 0 saturated carbocycles. The molecule has 0 spiro atoms. The second kappa shape index (κ2) is 10.8. The number of hydrogen-bond donors (Lipinski definition) is 1. The van der Waals surface area contributed by atoms with Gasteiger partial charge in [0.1, 0.15) is 18.1 Å². The lowest BCUT2D eigenvalue weighted by molar-refractivity contribution is -0.118. The van der Waals surface area contributed by atoms with Gasteiger partial charge in [0.15, 0.2) is 6.61 Å². The van der Waals surface area contributed by atoms with Gasteiger partial charge in [-0.2, -0.15) is 0 Å². The molecule has 0 saturated heterocycles. The quantitative estimate of drug-likeness (QED) is 0.470. The molecule has 0 unspecified atom stereocenters. The van der Waals surface area contributed by atoms with Crippen LogP contribution in [0.4, 0.5) is 5.69 Å². The average Bonchev–Trinajstić information content (AvgIpc) is 2.82. The first-order chi connectivity index (χ1) is 15.4. The number of ether oxygens (including phenoxy) is 2. The molecule has 0 aliphatic carbocycles. The van der Waals surface area contributed by atoms with E-state index in [1.165, 1.54) is 38.4 Å². The normalized spacial score (nSPS) is 11.2. The van der Waals surface area contributed by atoms with Gasteiger partial charge in [0.2, 0.25) is 0 Å². The highest BCUT2D eigenvalue weighted by molar-refractivity contribution is 7.89. The molecule has 0 radical (unpaired) electrons. The van der Waals surface area contributed by atoms with Crippen LogP contribution in [0.15, 0.2) is 83.8 Å². The van der Waals surface area contributed by atoms with Crippen molar-refractivity contribution >= 4 is 21.6 Å². The summed E-state index contributed by atoms with van der Waals surface area (Å²) < 4.78 is 36.3. The van der Waals surface area contributed by atoms with Gasteiger partial charge in [-0.1, -0.05) is 34.8 Å². The molecule has 0 fully saturated rings. The van der Waals surface area contributed by atoms with Crippen molar-refractivity contribution in [3.8, 4) is 11.5 Å². The van der Waals surface area contributed by atoms with E-state index in [0.29, 0.717) is 23.8 Å². The van der Waals surface area contributed by atoms with Crippen LogP contribution in [-0.4, -0.2) is 39.6 Å². The number of amides is 1. The van der Waals surface area contributed by atoms with Crippen LogP contribution < -0.4 is 14.8 Å². The predicted octanol–water partition coefficient (Wildman–Crippen LogP) is 3.47. The average molecular weight is 457 g/mol. The van der Waals surface area contributed by atoms with E-state index in [0.717, 1.165) is 10.0 Å². The van der Waals surface area contributed by atoms with E-state index in [1.54, 1.807) is 24.3 Å². The Balaban J connectivity index is 1.47. The fraction of sp³-hybridized carbons (Fsp3) is 0.174. The standard InChI is InChI=1S/C23H24N2O6S/c1-25(29-2)32(27,28)22-14-8-19(9-15-22)24-23(26)17-31-21-12-10-20(11-13-21)30-16-18-6-4-3-5-7-18/h3-15H,16-17H2,1-2H3,(H,24,26). The zero-order chi connectivity index (χ0) is 23.0. The summed E-state index contributed by atoms with van der Waals surface area (Å²) in [5.41, 5.74) is 1.52. The molecular formula is C23H24N2O6S. The van der Waals surface area contributed by atoms with Crippen LogP contribution in [0.2, 0.25) is 0 Å². The summed E-state index contributed by atoms with van der Waals surface area (Å²) in [4.78, 5) is 16.9. The van der Waals surface area contributed by atoms with Crippen LogP contribution in [0.5, 0.6) is 11.5 Å². The van der Waals surface area contributed by atoms with Gasteiger partial charge >= 0.3 is 0 Å². The van der Waals surface area contributed by atoms with Gasteiger partial charge in [-0.3, -0.25) is 9.63 Å². The maximum Gasteiger partial charge on any atom is 0.264 e. The second-order valence-corrected chi connectivity index (χ2v) is 8.64. The Kier molecular flexibility index (Phi) is 7.82. The number of sulfonamides is 1.